The summed E-state index contributed by atoms with van der Waals surface area (Å²) in [7, 11) is 0. The van der Waals surface area contributed by atoms with Crippen molar-refractivity contribution in [3.05, 3.63) is 65.2 Å². The van der Waals surface area contributed by atoms with Crippen LogP contribution in [0.15, 0.2) is 48.5 Å². The zero-order chi connectivity index (χ0) is 14.2. The number of nitrogens with one attached hydrogen (secondary N) is 1. The van der Waals surface area contributed by atoms with E-state index in [1.807, 2.05) is 41.3 Å². The van der Waals surface area contributed by atoms with Crippen molar-refractivity contribution in [1.82, 2.24) is 10.2 Å². The van der Waals surface area contributed by atoms with Gasteiger partial charge in [-0.2, -0.15) is 0 Å². The van der Waals surface area contributed by atoms with E-state index in [4.69, 9.17) is 4.74 Å². The van der Waals surface area contributed by atoms with Crippen LogP contribution in [-0.2, 0) is 13.1 Å². The number of urea groups is 1. The van der Waals surface area contributed by atoms with E-state index in [0.29, 0.717) is 19.7 Å². The lowest BCUT2D eigenvalue weighted by Crippen LogP contribution is -2.39. The van der Waals surface area contributed by atoms with Crippen LogP contribution in [0.4, 0.5) is 4.79 Å². The average Bonchev–Trinajstić information content (AvgIpc) is 3.11. The van der Waals surface area contributed by atoms with Gasteiger partial charge in [0.2, 0.25) is 0 Å². The molecule has 0 aliphatic carbocycles. The van der Waals surface area contributed by atoms with Crippen LogP contribution in [0.2, 0.25) is 0 Å². The summed E-state index contributed by atoms with van der Waals surface area (Å²) in [6.45, 7) is 1.86. The molecule has 2 heterocycles. The molecule has 0 fully saturated rings. The number of hydrogen-bond acceptors (Lipinski definition) is 2. The molecule has 4 heteroatoms. The third-order valence-corrected chi connectivity index (χ3v) is 4.13. The van der Waals surface area contributed by atoms with Crippen LogP contribution >= 0.6 is 0 Å². The molecule has 1 N–H and O–H groups in total. The predicted molar refractivity (Wildman–Crippen MR) is 78.9 cm³/mol. The highest BCUT2D eigenvalue weighted by molar-refractivity contribution is 5.76. The number of benzene rings is 2. The maximum absolute atomic E-state index is 12.4. The molecule has 2 aliphatic rings. The Labute approximate surface area is 123 Å². The molecule has 2 aliphatic heterocycles. The molecule has 1 atom stereocenters. The summed E-state index contributed by atoms with van der Waals surface area (Å²) in [6, 6.07) is 16.0. The molecule has 0 bridgehead atoms. The number of fused-ring (bicyclic) bond motifs is 2. The monoisotopic (exact) mass is 280 g/mol. The highest BCUT2D eigenvalue weighted by atomic mass is 16.5. The Balaban J connectivity index is 1.47. The number of rotatable bonds is 1. The minimum absolute atomic E-state index is 0.0310. The number of para-hydroxylation sites is 1. The third-order valence-electron chi connectivity index (χ3n) is 4.13. The van der Waals surface area contributed by atoms with Gasteiger partial charge in [-0.1, -0.05) is 42.5 Å². The Hall–Kier alpha value is -2.49. The van der Waals surface area contributed by atoms with Gasteiger partial charge < -0.3 is 15.0 Å². The van der Waals surface area contributed by atoms with E-state index in [-0.39, 0.29) is 12.1 Å². The maximum atomic E-state index is 12.4. The van der Waals surface area contributed by atoms with E-state index in [0.717, 1.165) is 11.3 Å². The summed E-state index contributed by atoms with van der Waals surface area (Å²) >= 11 is 0. The Morgan fingerprint density at radius 3 is 2.48 bits per heavy atom. The molecule has 106 valence electrons. The molecule has 21 heavy (non-hydrogen) atoms. The van der Waals surface area contributed by atoms with Crippen LogP contribution in [0.1, 0.15) is 22.7 Å². The first-order chi connectivity index (χ1) is 10.3. The number of amides is 2. The van der Waals surface area contributed by atoms with Gasteiger partial charge in [0.1, 0.15) is 12.4 Å². The standard InChI is InChI=1S/C17H16N2O2/c20-17(19-9-12-5-1-2-6-13(12)10-19)18-15-11-21-16-8-4-3-7-14(15)16/h1-8,15H,9-11H2,(H,18,20)/t15-/m1/s1. The molecule has 2 aromatic rings. The van der Waals surface area contributed by atoms with Crippen LogP contribution in [0, 0.1) is 0 Å². The summed E-state index contributed by atoms with van der Waals surface area (Å²) < 4.78 is 5.60. The van der Waals surface area contributed by atoms with Gasteiger partial charge in [-0.15, -0.1) is 0 Å². The molecule has 0 radical (unpaired) electrons. The van der Waals surface area contributed by atoms with E-state index in [1.54, 1.807) is 0 Å². The van der Waals surface area contributed by atoms with Crippen LogP contribution in [0.25, 0.3) is 0 Å². The van der Waals surface area contributed by atoms with E-state index < -0.39 is 0 Å². The van der Waals surface area contributed by atoms with Gasteiger partial charge in [-0.05, 0) is 17.2 Å². The average molecular weight is 280 g/mol. The second-order valence-electron chi connectivity index (χ2n) is 5.48. The molecule has 0 saturated carbocycles. The van der Waals surface area contributed by atoms with E-state index >= 15 is 0 Å². The fourth-order valence-corrected chi connectivity index (χ4v) is 3.00. The van der Waals surface area contributed by atoms with Crippen molar-refractivity contribution < 1.29 is 9.53 Å². The van der Waals surface area contributed by atoms with E-state index in [9.17, 15) is 4.79 Å². The van der Waals surface area contributed by atoms with Crippen LogP contribution < -0.4 is 10.1 Å². The normalized spacial score (nSPS) is 18.9. The Morgan fingerprint density at radius 1 is 1.05 bits per heavy atom. The first kappa shape index (κ1) is 12.3. The quantitative estimate of drug-likeness (QED) is 0.872. The van der Waals surface area contributed by atoms with Crippen LogP contribution in [-0.4, -0.2) is 17.5 Å². The Morgan fingerprint density at radius 2 is 1.71 bits per heavy atom. The van der Waals surface area contributed by atoms with Crippen LogP contribution in [0.3, 0.4) is 0 Å². The number of carbonyl (C=O) groups excluding carboxylic acids is 1. The SMILES string of the molecule is O=C(N[C@@H]1COc2ccccc21)N1Cc2ccccc2C1. The molecular weight excluding hydrogens is 264 g/mol. The smallest absolute Gasteiger partial charge is 0.318 e. The highest BCUT2D eigenvalue weighted by Crippen LogP contribution is 2.32. The van der Waals surface area contributed by atoms with Gasteiger partial charge in [0.25, 0.3) is 0 Å². The molecule has 0 aromatic heterocycles. The lowest BCUT2D eigenvalue weighted by atomic mass is 10.1. The largest absolute Gasteiger partial charge is 0.491 e. The minimum atomic E-state index is -0.0580. The fraction of sp³-hybridized carbons (Fsp3) is 0.235. The topological polar surface area (TPSA) is 41.6 Å². The van der Waals surface area contributed by atoms with Crippen molar-refractivity contribution in [2.75, 3.05) is 6.61 Å². The molecular formula is C17H16N2O2. The minimum Gasteiger partial charge on any atom is -0.491 e. The van der Waals surface area contributed by atoms with Crippen molar-refractivity contribution >= 4 is 6.03 Å². The van der Waals surface area contributed by atoms with Crippen molar-refractivity contribution in [3.8, 4) is 5.75 Å². The summed E-state index contributed by atoms with van der Waals surface area (Å²) in [4.78, 5) is 14.3. The Kier molecular flexibility index (Phi) is 2.81. The van der Waals surface area contributed by atoms with Gasteiger partial charge in [-0.3, -0.25) is 0 Å². The highest BCUT2D eigenvalue weighted by Gasteiger charge is 2.29. The zero-order valence-corrected chi connectivity index (χ0v) is 11.6. The van der Waals surface area contributed by atoms with Gasteiger partial charge in [0.05, 0.1) is 6.04 Å². The summed E-state index contributed by atoms with van der Waals surface area (Å²) in [5.41, 5.74) is 3.52. The summed E-state index contributed by atoms with van der Waals surface area (Å²) in [5.74, 6) is 0.868. The molecule has 0 unspecified atom stereocenters. The van der Waals surface area contributed by atoms with Gasteiger partial charge in [-0.25, -0.2) is 4.79 Å². The second kappa shape index (κ2) is 4.81. The predicted octanol–water partition coefficient (Wildman–Crippen LogP) is 2.85. The third kappa shape index (κ3) is 2.13. The first-order valence-corrected chi connectivity index (χ1v) is 7.15. The molecule has 2 amide bonds. The van der Waals surface area contributed by atoms with Crippen molar-refractivity contribution in [2.45, 2.75) is 19.1 Å². The van der Waals surface area contributed by atoms with Gasteiger partial charge in [0, 0.05) is 18.7 Å². The zero-order valence-electron chi connectivity index (χ0n) is 11.6. The molecule has 0 saturated heterocycles. The lowest BCUT2D eigenvalue weighted by molar-refractivity contribution is 0.191. The number of ether oxygens (including phenoxy) is 1. The fourth-order valence-electron chi connectivity index (χ4n) is 3.00. The summed E-state index contributed by atoms with van der Waals surface area (Å²) in [6.07, 6.45) is 0. The number of hydrogen-bond donors (Lipinski definition) is 1. The summed E-state index contributed by atoms with van der Waals surface area (Å²) in [5, 5.41) is 3.07. The second-order valence-corrected chi connectivity index (χ2v) is 5.48. The van der Waals surface area contributed by atoms with Crippen molar-refractivity contribution in [2.24, 2.45) is 0 Å². The Bertz CT molecular complexity index is 674. The molecule has 4 rings (SSSR count). The van der Waals surface area contributed by atoms with E-state index in [1.165, 1.54) is 11.1 Å². The maximum Gasteiger partial charge on any atom is 0.318 e. The van der Waals surface area contributed by atoms with Crippen molar-refractivity contribution in [1.29, 1.82) is 0 Å². The molecule has 0 spiro atoms. The van der Waals surface area contributed by atoms with Crippen LogP contribution in [0.5, 0.6) is 5.75 Å². The first-order valence-electron chi connectivity index (χ1n) is 7.15. The van der Waals surface area contributed by atoms with E-state index in [2.05, 4.69) is 17.4 Å². The number of carbonyl (C=O) groups is 1. The van der Waals surface area contributed by atoms with Gasteiger partial charge >= 0.3 is 6.03 Å². The molecule has 4 nitrogen and oxygen atoms in total. The number of nitrogens with zero attached hydrogens (tertiary/aromatic N) is 1. The lowest BCUT2D eigenvalue weighted by Gasteiger charge is -2.19. The molecule has 2 aromatic carbocycles. The van der Waals surface area contributed by atoms with Gasteiger partial charge in [0.15, 0.2) is 0 Å². The van der Waals surface area contributed by atoms with Crippen molar-refractivity contribution in [3.63, 3.8) is 0 Å².